The summed E-state index contributed by atoms with van der Waals surface area (Å²) in [6, 6.07) is 23.3. The van der Waals surface area contributed by atoms with E-state index in [4.69, 9.17) is 4.74 Å². The quantitative estimate of drug-likeness (QED) is 0.435. The maximum absolute atomic E-state index is 12.4. The lowest BCUT2D eigenvalue weighted by atomic mass is 10.1. The molecular weight excluding hydrogens is 382 g/mol. The van der Waals surface area contributed by atoms with Crippen LogP contribution in [-0.2, 0) is 12.3 Å². The van der Waals surface area contributed by atoms with Crippen LogP contribution in [0.5, 0.6) is 5.75 Å². The number of aromatic amines is 1. The molecule has 0 radical (unpaired) electrons. The number of benzene rings is 3. The molecule has 1 aromatic heterocycles. The molecule has 0 aliphatic rings. The number of hydrogen-bond donors (Lipinski definition) is 2. The molecule has 4 rings (SSSR count). The fraction of sp³-hybridized carbons (Fsp3) is 0.130. The summed E-state index contributed by atoms with van der Waals surface area (Å²) < 4.78 is 5.14. The lowest BCUT2D eigenvalue weighted by Crippen LogP contribution is -2.22. The van der Waals surface area contributed by atoms with Crippen molar-refractivity contribution in [3.8, 4) is 5.75 Å². The SMILES string of the molecule is COc1ccc(CNC(=O)c2ccc(CSc3nc4ccccc4[nH]3)cc2)cc1. The molecule has 1 amide bonds. The van der Waals surface area contributed by atoms with E-state index >= 15 is 0 Å². The van der Waals surface area contributed by atoms with Crippen molar-refractivity contribution in [1.82, 2.24) is 15.3 Å². The van der Waals surface area contributed by atoms with E-state index in [1.807, 2.05) is 72.8 Å². The van der Waals surface area contributed by atoms with Gasteiger partial charge in [-0.15, -0.1) is 0 Å². The van der Waals surface area contributed by atoms with E-state index in [2.05, 4.69) is 15.3 Å². The third-order valence-corrected chi connectivity index (χ3v) is 5.52. The summed E-state index contributed by atoms with van der Waals surface area (Å²) in [5.74, 6) is 1.50. The standard InChI is InChI=1S/C23H21N3O2S/c1-28-19-12-8-16(9-13-19)14-24-22(27)18-10-6-17(7-11-18)15-29-23-25-20-4-2-3-5-21(20)26-23/h2-13H,14-15H2,1H3,(H,24,27)(H,25,26). The molecule has 146 valence electrons. The van der Waals surface area contributed by atoms with Gasteiger partial charge in [-0.2, -0.15) is 0 Å². The number of carbonyl (C=O) groups excluding carboxylic acids is 1. The highest BCUT2D eigenvalue weighted by molar-refractivity contribution is 7.98. The van der Waals surface area contributed by atoms with Crippen LogP contribution in [0.25, 0.3) is 11.0 Å². The average molecular weight is 404 g/mol. The fourth-order valence-corrected chi connectivity index (χ4v) is 3.77. The summed E-state index contributed by atoms with van der Waals surface area (Å²) in [5.41, 5.74) is 4.83. The molecule has 3 aromatic carbocycles. The monoisotopic (exact) mass is 403 g/mol. The number of para-hydroxylation sites is 2. The second-order valence-electron chi connectivity index (χ2n) is 6.58. The van der Waals surface area contributed by atoms with Crippen LogP contribution < -0.4 is 10.1 Å². The van der Waals surface area contributed by atoms with Gasteiger partial charge in [-0.05, 0) is 47.5 Å². The van der Waals surface area contributed by atoms with E-state index < -0.39 is 0 Å². The molecule has 0 unspecified atom stereocenters. The number of rotatable bonds is 7. The molecule has 0 bridgehead atoms. The number of fused-ring (bicyclic) bond motifs is 1. The molecule has 29 heavy (non-hydrogen) atoms. The number of hydrogen-bond acceptors (Lipinski definition) is 4. The fourth-order valence-electron chi connectivity index (χ4n) is 2.93. The zero-order chi connectivity index (χ0) is 20.1. The molecule has 6 heteroatoms. The van der Waals surface area contributed by atoms with Crippen LogP contribution >= 0.6 is 11.8 Å². The largest absolute Gasteiger partial charge is 0.497 e. The maximum atomic E-state index is 12.4. The number of methoxy groups -OCH3 is 1. The summed E-state index contributed by atoms with van der Waals surface area (Å²) in [6.07, 6.45) is 0. The highest BCUT2D eigenvalue weighted by Crippen LogP contribution is 2.23. The molecular formula is C23H21N3O2S. The number of H-pyrrole nitrogens is 1. The van der Waals surface area contributed by atoms with Crippen LogP contribution in [0.15, 0.2) is 78.0 Å². The van der Waals surface area contributed by atoms with E-state index in [1.54, 1.807) is 18.9 Å². The van der Waals surface area contributed by atoms with E-state index in [-0.39, 0.29) is 5.91 Å². The van der Waals surface area contributed by atoms with E-state index in [0.29, 0.717) is 12.1 Å². The zero-order valence-electron chi connectivity index (χ0n) is 16.0. The second kappa shape index (κ2) is 8.84. The normalized spacial score (nSPS) is 10.8. The number of imidazole rings is 1. The van der Waals surface area contributed by atoms with Crippen molar-refractivity contribution >= 4 is 28.7 Å². The first-order chi connectivity index (χ1) is 14.2. The van der Waals surface area contributed by atoms with E-state index in [9.17, 15) is 4.79 Å². The van der Waals surface area contributed by atoms with Crippen LogP contribution in [0.1, 0.15) is 21.5 Å². The topological polar surface area (TPSA) is 67.0 Å². The van der Waals surface area contributed by atoms with Crippen molar-refractivity contribution in [2.45, 2.75) is 17.5 Å². The highest BCUT2D eigenvalue weighted by Gasteiger charge is 2.07. The molecule has 0 fully saturated rings. The van der Waals surface area contributed by atoms with Crippen molar-refractivity contribution in [2.24, 2.45) is 0 Å². The van der Waals surface area contributed by atoms with Gasteiger partial charge in [0.1, 0.15) is 5.75 Å². The molecule has 0 atom stereocenters. The third-order valence-electron chi connectivity index (χ3n) is 4.57. The number of ether oxygens (including phenoxy) is 1. The van der Waals surface area contributed by atoms with Crippen LogP contribution in [0.2, 0.25) is 0 Å². The van der Waals surface area contributed by atoms with Gasteiger partial charge >= 0.3 is 0 Å². The van der Waals surface area contributed by atoms with Gasteiger partial charge in [0, 0.05) is 17.9 Å². The minimum atomic E-state index is -0.0858. The molecule has 2 N–H and O–H groups in total. The summed E-state index contributed by atoms with van der Waals surface area (Å²) >= 11 is 1.65. The minimum absolute atomic E-state index is 0.0858. The number of amides is 1. The first-order valence-electron chi connectivity index (χ1n) is 9.29. The average Bonchev–Trinajstić information content (AvgIpc) is 3.20. The van der Waals surface area contributed by atoms with Crippen LogP contribution in [0, 0.1) is 0 Å². The van der Waals surface area contributed by atoms with Gasteiger partial charge in [-0.3, -0.25) is 4.79 Å². The summed E-state index contributed by atoms with van der Waals surface area (Å²) in [4.78, 5) is 20.3. The third kappa shape index (κ3) is 4.78. The van der Waals surface area contributed by atoms with Crippen molar-refractivity contribution in [1.29, 1.82) is 0 Å². The summed E-state index contributed by atoms with van der Waals surface area (Å²) in [5, 5.41) is 3.84. The van der Waals surface area contributed by atoms with Gasteiger partial charge < -0.3 is 15.0 Å². The lowest BCUT2D eigenvalue weighted by Gasteiger charge is -2.07. The summed E-state index contributed by atoms with van der Waals surface area (Å²) in [7, 11) is 1.63. The number of nitrogens with zero attached hydrogens (tertiary/aromatic N) is 1. The molecule has 0 saturated carbocycles. The number of thioether (sulfide) groups is 1. The van der Waals surface area contributed by atoms with Crippen molar-refractivity contribution in [3.05, 3.63) is 89.5 Å². The molecule has 5 nitrogen and oxygen atoms in total. The van der Waals surface area contributed by atoms with Gasteiger partial charge in [0.25, 0.3) is 5.91 Å². The van der Waals surface area contributed by atoms with Gasteiger partial charge in [-0.1, -0.05) is 48.2 Å². The number of nitrogens with one attached hydrogen (secondary N) is 2. The maximum Gasteiger partial charge on any atom is 0.251 e. The Hall–Kier alpha value is -3.25. The Labute approximate surface area is 173 Å². The smallest absolute Gasteiger partial charge is 0.251 e. The Kier molecular flexibility index (Phi) is 5.81. The minimum Gasteiger partial charge on any atom is -0.497 e. The Morgan fingerprint density at radius 3 is 2.45 bits per heavy atom. The zero-order valence-corrected chi connectivity index (χ0v) is 16.8. The first-order valence-corrected chi connectivity index (χ1v) is 10.3. The molecule has 0 aliphatic carbocycles. The number of aromatic nitrogens is 2. The van der Waals surface area contributed by atoms with Crippen molar-refractivity contribution < 1.29 is 9.53 Å². The van der Waals surface area contributed by atoms with Crippen LogP contribution in [-0.4, -0.2) is 23.0 Å². The van der Waals surface area contributed by atoms with Crippen molar-refractivity contribution in [2.75, 3.05) is 7.11 Å². The van der Waals surface area contributed by atoms with Gasteiger partial charge in [0.05, 0.1) is 18.1 Å². The Morgan fingerprint density at radius 1 is 1.00 bits per heavy atom. The van der Waals surface area contributed by atoms with E-state index in [1.165, 1.54) is 0 Å². The van der Waals surface area contributed by atoms with Gasteiger partial charge in [0.2, 0.25) is 0 Å². The van der Waals surface area contributed by atoms with Gasteiger partial charge in [-0.25, -0.2) is 4.98 Å². The Balaban J connectivity index is 1.31. The second-order valence-corrected chi connectivity index (χ2v) is 7.54. The molecule has 0 spiro atoms. The molecule has 4 aromatic rings. The highest BCUT2D eigenvalue weighted by atomic mass is 32.2. The van der Waals surface area contributed by atoms with E-state index in [0.717, 1.165) is 38.8 Å². The Bertz CT molecular complexity index is 1070. The van der Waals surface area contributed by atoms with Crippen LogP contribution in [0.3, 0.4) is 0 Å². The molecule has 0 aliphatic heterocycles. The predicted octanol–water partition coefficient (Wildman–Crippen LogP) is 4.79. The molecule has 0 saturated heterocycles. The molecule has 1 heterocycles. The Morgan fingerprint density at radius 2 is 1.72 bits per heavy atom. The lowest BCUT2D eigenvalue weighted by molar-refractivity contribution is 0.0951. The number of carbonyl (C=O) groups is 1. The van der Waals surface area contributed by atoms with Crippen molar-refractivity contribution in [3.63, 3.8) is 0 Å². The van der Waals surface area contributed by atoms with Crippen LogP contribution in [0.4, 0.5) is 0 Å². The predicted molar refractivity (Wildman–Crippen MR) is 116 cm³/mol. The van der Waals surface area contributed by atoms with Gasteiger partial charge in [0.15, 0.2) is 5.16 Å². The first kappa shape index (κ1) is 19.1. The summed E-state index contributed by atoms with van der Waals surface area (Å²) in [6.45, 7) is 0.479.